The molecule has 0 radical (unpaired) electrons. The fraction of sp³-hybridized carbons (Fsp3) is 0.364. The molecule has 3 fully saturated rings. The van der Waals surface area contributed by atoms with Crippen molar-refractivity contribution in [2.24, 2.45) is 5.41 Å². The van der Waals surface area contributed by atoms with E-state index in [9.17, 15) is 19.1 Å². The standard InChI is InChI=1S/C22H22FNO5/c1-28-17-8-7-15(9-16(17)23)21-11-22(12-21,13-21)18(19(25)26)24-20(27)29-10-14-5-3-2-4-6-14/h2-9,18H,10-13H2,1H3,(H,24,27)(H,25,26). The average molecular weight is 399 g/mol. The number of nitrogens with one attached hydrogen (secondary N) is 1. The molecule has 2 aromatic carbocycles. The largest absolute Gasteiger partial charge is 0.494 e. The molecule has 5 rings (SSSR count). The molecule has 0 aromatic heterocycles. The normalized spacial score (nSPS) is 25.2. The number of hydrogen-bond donors (Lipinski definition) is 2. The highest BCUT2D eigenvalue weighted by Gasteiger charge is 2.72. The molecule has 0 heterocycles. The summed E-state index contributed by atoms with van der Waals surface area (Å²) in [5.74, 6) is -1.33. The third kappa shape index (κ3) is 3.30. The number of aliphatic carboxylic acids is 1. The molecule has 0 saturated heterocycles. The van der Waals surface area contributed by atoms with Gasteiger partial charge in [0.1, 0.15) is 12.6 Å². The number of hydrogen-bond acceptors (Lipinski definition) is 4. The molecule has 2 bridgehead atoms. The van der Waals surface area contributed by atoms with Gasteiger partial charge >= 0.3 is 12.1 Å². The lowest BCUT2D eigenvalue weighted by Crippen LogP contribution is -2.73. The molecule has 2 aromatic rings. The number of alkyl carbamates (subject to hydrolysis) is 1. The summed E-state index contributed by atoms with van der Waals surface area (Å²) in [4.78, 5) is 23.9. The Balaban J connectivity index is 1.38. The molecule has 1 atom stereocenters. The summed E-state index contributed by atoms with van der Waals surface area (Å²) in [6, 6.07) is 13.0. The Kier molecular flexibility index (Phi) is 4.68. The number of carbonyl (C=O) groups excluding carboxylic acids is 1. The Hall–Kier alpha value is -3.09. The highest BCUT2D eigenvalue weighted by molar-refractivity contribution is 5.82. The smallest absolute Gasteiger partial charge is 0.408 e. The van der Waals surface area contributed by atoms with E-state index in [2.05, 4.69) is 5.32 Å². The fourth-order valence-electron chi connectivity index (χ4n) is 4.83. The fourth-order valence-corrected chi connectivity index (χ4v) is 4.83. The summed E-state index contributed by atoms with van der Waals surface area (Å²) >= 11 is 0. The van der Waals surface area contributed by atoms with E-state index in [0.717, 1.165) is 11.1 Å². The Morgan fingerprint density at radius 3 is 2.45 bits per heavy atom. The lowest BCUT2D eigenvalue weighted by Gasteiger charge is -2.72. The van der Waals surface area contributed by atoms with E-state index in [0.29, 0.717) is 19.3 Å². The molecule has 0 aliphatic heterocycles. The molecule has 3 aliphatic rings. The van der Waals surface area contributed by atoms with Crippen LogP contribution in [0.2, 0.25) is 0 Å². The molecule has 1 unspecified atom stereocenters. The lowest BCUT2D eigenvalue weighted by molar-refractivity contribution is -0.183. The molecular formula is C22H22FNO5. The van der Waals surface area contributed by atoms with Gasteiger partial charge in [-0.3, -0.25) is 0 Å². The summed E-state index contributed by atoms with van der Waals surface area (Å²) in [5, 5.41) is 12.2. The van der Waals surface area contributed by atoms with Crippen LogP contribution in [0, 0.1) is 11.2 Å². The van der Waals surface area contributed by atoms with Crippen LogP contribution in [0.1, 0.15) is 30.4 Å². The first kappa shape index (κ1) is 19.2. The van der Waals surface area contributed by atoms with Crippen LogP contribution in [0.3, 0.4) is 0 Å². The van der Waals surface area contributed by atoms with E-state index in [1.807, 2.05) is 36.4 Å². The molecule has 3 aliphatic carbocycles. The Labute approximate surface area is 167 Å². The Bertz CT molecular complexity index is 926. The van der Waals surface area contributed by atoms with Crippen LogP contribution in [0.4, 0.5) is 9.18 Å². The minimum Gasteiger partial charge on any atom is -0.494 e. The predicted molar refractivity (Wildman–Crippen MR) is 102 cm³/mol. The van der Waals surface area contributed by atoms with Crippen molar-refractivity contribution < 1.29 is 28.6 Å². The molecule has 2 N–H and O–H groups in total. The second kappa shape index (κ2) is 7.06. The maximum absolute atomic E-state index is 14.0. The van der Waals surface area contributed by atoms with Crippen molar-refractivity contribution in [3.05, 3.63) is 65.5 Å². The predicted octanol–water partition coefficient (Wildman–Crippen LogP) is 3.64. The van der Waals surface area contributed by atoms with Gasteiger partial charge in [0.25, 0.3) is 0 Å². The minimum atomic E-state index is -1.09. The van der Waals surface area contributed by atoms with E-state index in [-0.39, 0.29) is 17.8 Å². The van der Waals surface area contributed by atoms with Gasteiger partial charge in [0.2, 0.25) is 0 Å². The van der Waals surface area contributed by atoms with Crippen molar-refractivity contribution in [1.82, 2.24) is 5.32 Å². The van der Waals surface area contributed by atoms with E-state index >= 15 is 0 Å². The van der Waals surface area contributed by atoms with Crippen LogP contribution in [0.25, 0.3) is 0 Å². The van der Waals surface area contributed by atoms with Gasteiger partial charge in [-0.15, -0.1) is 0 Å². The summed E-state index contributed by atoms with van der Waals surface area (Å²) < 4.78 is 24.2. The lowest BCUT2D eigenvalue weighted by atomic mass is 9.31. The van der Waals surface area contributed by atoms with Gasteiger partial charge in [0, 0.05) is 5.41 Å². The Morgan fingerprint density at radius 1 is 1.17 bits per heavy atom. The number of benzene rings is 2. The van der Waals surface area contributed by atoms with Crippen LogP contribution in [-0.4, -0.2) is 30.3 Å². The molecule has 29 heavy (non-hydrogen) atoms. The van der Waals surface area contributed by atoms with Crippen molar-refractivity contribution in [3.63, 3.8) is 0 Å². The maximum atomic E-state index is 14.0. The number of halogens is 1. The molecule has 1 amide bonds. The van der Waals surface area contributed by atoms with Gasteiger partial charge < -0.3 is 19.9 Å². The van der Waals surface area contributed by atoms with Crippen LogP contribution >= 0.6 is 0 Å². The number of methoxy groups -OCH3 is 1. The number of carboxylic acid groups (broad SMARTS) is 1. The number of rotatable bonds is 7. The highest BCUT2D eigenvalue weighted by Crippen LogP contribution is 2.75. The molecule has 6 nitrogen and oxygen atoms in total. The third-order valence-corrected chi connectivity index (χ3v) is 6.17. The second-order valence-electron chi connectivity index (χ2n) is 8.00. The topological polar surface area (TPSA) is 84.9 Å². The summed E-state index contributed by atoms with van der Waals surface area (Å²) in [7, 11) is 1.41. The summed E-state index contributed by atoms with van der Waals surface area (Å²) in [6.45, 7) is 0.0705. The van der Waals surface area contributed by atoms with Crippen molar-refractivity contribution in [3.8, 4) is 5.75 Å². The molecule has 0 spiro atoms. The van der Waals surface area contributed by atoms with Crippen LogP contribution < -0.4 is 10.1 Å². The van der Waals surface area contributed by atoms with Crippen molar-refractivity contribution >= 4 is 12.1 Å². The van der Waals surface area contributed by atoms with Gasteiger partial charge in [-0.2, -0.15) is 0 Å². The van der Waals surface area contributed by atoms with Gasteiger partial charge in [-0.1, -0.05) is 36.4 Å². The first-order valence-electron chi connectivity index (χ1n) is 9.42. The van der Waals surface area contributed by atoms with E-state index in [4.69, 9.17) is 9.47 Å². The van der Waals surface area contributed by atoms with Crippen molar-refractivity contribution in [2.75, 3.05) is 7.11 Å². The zero-order valence-electron chi connectivity index (χ0n) is 16.0. The number of amides is 1. The quantitative estimate of drug-likeness (QED) is 0.743. The zero-order valence-corrected chi connectivity index (χ0v) is 16.0. The molecule has 152 valence electrons. The number of carboxylic acids is 1. The van der Waals surface area contributed by atoms with Crippen molar-refractivity contribution in [1.29, 1.82) is 0 Å². The van der Waals surface area contributed by atoms with Crippen molar-refractivity contribution in [2.45, 2.75) is 37.3 Å². The monoisotopic (exact) mass is 399 g/mol. The van der Waals surface area contributed by atoms with Crippen LogP contribution in [-0.2, 0) is 21.6 Å². The minimum absolute atomic E-state index is 0.0705. The first-order valence-corrected chi connectivity index (χ1v) is 9.42. The zero-order chi connectivity index (χ0) is 20.6. The third-order valence-electron chi connectivity index (χ3n) is 6.17. The summed E-state index contributed by atoms with van der Waals surface area (Å²) in [5.41, 5.74) is 0.916. The molecular weight excluding hydrogens is 377 g/mol. The van der Waals surface area contributed by atoms with Gasteiger partial charge in [-0.25, -0.2) is 14.0 Å². The van der Waals surface area contributed by atoms with Crippen LogP contribution in [0.5, 0.6) is 5.75 Å². The van der Waals surface area contributed by atoms with Gasteiger partial charge in [0.15, 0.2) is 11.6 Å². The first-order chi connectivity index (χ1) is 13.9. The number of carbonyl (C=O) groups is 2. The molecule has 3 saturated carbocycles. The van der Waals surface area contributed by atoms with Gasteiger partial charge in [0.05, 0.1) is 7.11 Å². The maximum Gasteiger partial charge on any atom is 0.408 e. The summed E-state index contributed by atoms with van der Waals surface area (Å²) in [6.07, 6.45) is 1.00. The van der Waals surface area contributed by atoms with E-state index in [1.165, 1.54) is 13.2 Å². The second-order valence-corrected chi connectivity index (χ2v) is 8.00. The van der Waals surface area contributed by atoms with E-state index < -0.39 is 29.3 Å². The average Bonchev–Trinajstić information content (AvgIpc) is 2.64. The Morgan fingerprint density at radius 2 is 1.86 bits per heavy atom. The highest BCUT2D eigenvalue weighted by atomic mass is 19.1. The SMILES string of the molecule is COc1ccc(C23CC(C(NC(=O)OCc4ccccc4)C(=O)O)(C2)C3)cc1F. The van der Waals surface area contributed by atoms with E-state index in [1.54, 1.807) is 6.07 Å². The molecule has 7 heteroatoms. The van der Waals surface area contributed by atoms with Crippen LogP contribution in [0.15, 0.2) is 48.5 Å². The van der Waals surface area contributed by atoms with Gasteiger partial charge in [-0.05, 0) is 47.9 Å². The number of ether oxygens (including phenoxy) is 2.